The first-order valence-electron chi connectivity index (χ1n) is 13.3. The first-order chi connectivity index (χ1) is 20.5. The van der Waals surface area contributed by atoms with E-state index in [0.29, 0.717) is 42.7 Å². The van der Waals surface area contributed by atoms with Gasteiger partial charge < -0.3 is 19.5 Å². The molecule has 2 aromatic rings. The lowest BCUT2D eigenvalue weighted by Crippen LogP contribution is -2.86. The fourth-order valence-electron chi connectivity index (χ4n) is 5.68. The van der Waals surface area contributed by atoms with Crippen molar-refractivity contribution in [1.82, 2.24) is 10.2 Å². The van der Waals surface area contributed by atoms with E-state index in [1.807, 2.05) is 11.0 Å². The molecule has 0 aliphatic carbocycles. The number of carbonyl (C=O) groups excluding carboxylic acids is 2. The number of nitrogens with one attached hydrogen (secondary N) is 1. The third-order valence-electron chi connectivity index (χ3n) is 7.72. The number of sulfone groups is 1. The van der Waals surface area contributed by atoms with Crippen molar-refractivity contribution in [2.45, 2.75) is 28.3 Å². The molecule has 3 aliphatic rings. The van der Waals surface area contributed by atoms with Gasteiger partial charge in [0.2, 0.25) is 10.3 Å². The second kappa shape index (κ2) is 12.5. The molecule has 0 aromatic heterocycles. The Kier molecular flexibility index (Phi) is 9.13. The number of hydrogen-bond donors (Lipinski definition) is 1. The largest absolute Gasteiger partial charge is 0.487 e. The van der Waals surface area contributed by atoms with Gasteiger partial charge in [-0.25, -0.2) is 8.42 Å². The fourth-order valence-corrected chi connectivity index (χ4v) is 10.1. The highest BCUT2D eigenvalue weighted by Crippen LogP contribution is 2.54. The molecule has 2 saturated heterocycles. The molecule has 13 nitrogen and oxygen atoms in total. The van der Waals surface area contributed by atoms with Crippen LogP contribution in [-0.2, 0) is 35.5 Å². The zero-order valence-corrected chi connectivity index (χ0v) is 26.2. The van der Waals surface area contributed by atoms with Gasteiger partial charge in [0.1, 0.15) is 29.4 Å². The number of carbonyl (C=O) groups is 2. The van der Waals surface area contributed by atoms with Crippen molar-refractivity contribution < 1.29 is 37.1 Å². The lowest BCUT2D eigenvalue weighted by molar-refractivity contribution is -0.384. The normalized spacial score (nSPS) is 24.0. The van der Waals surface area contributed by atoms with Gasteiger partial charge in [-0.1, -0.05) is 45.9 Å². The predicted molar refractivity (Wildman–Crippen MR) is 162 cm³/mol. The number of aliphatic imine (C=N–C) groups is 1. The SMILES string of the molecule is CS(=O)(=O)C(C(=O)OCc1ccc([N+](=O)[O-])cc1)(C(CBr)N1CCOCC1)C12N=C(COc3ccccc3)SC1NC2=O. The number of nitrogens with zero attached hydrogens (tertiary/aromatic N) is 3. The number of nitro groups is 1. The van der Waals surface area contributed by atoms with Crippen LogP contribution in [0.5, 0.6) is 5.75 Å². The first-order valence-corrected chi connectivity index (χ1v) is 17.2. The molecule has 2 fully saturated rings. The van der Waals surface area contributed by atoms with Crippen LogP contribution in [0.25, 0.3) is 0 Å². The molecule has 3 aliphatic heterocycles. The number of rotatable bonds is 12. The molecule has 1 amide bonds. The van der Waals surface area contributed by atoms with Crippen LogP contribution in [0.4, 0.5) is 5.69 Å². The van der Waals surface area contributed by atoms with Crippen molar-refractivity contribution in [1.29, 1.82) is 0 Å². The number of alkyl halides is 1. The molecule has 4 atom stereocenters. The zero-order chi connectivity index (χ0) is 30.8. The maximum atomic E-state index is 14.4. The van der Waals surface area contributed by atoms with E-state index in [-0.39, 0.29) is 24.2 Å². The summed E-state index contributed by atoms with van der Waals surface area (Å²) in [5.74, 6) is -1.29. The summed E-state index contributed by atoms with van der Waals surface area (Å²) in [6, 6.07) is 13.2. The summed E-state index contributed by atoms with van der Waals surface area (Å²) >= 11 is 4.58. The molecule has 0 radical (unpaired) electrons. The van der Waals surface area contributed by atoms with E-state index in [0.717, 1.165) is 18.0 Å². The Hall–Kier alpha value is -3.05. The van der Waals surface area contributed by atoms with Crippen LogP contribution in [0, 0.1) is 10.1 Å². The highest BCUT2D eigenvalue weighted by molar-refractivity contribution is 9.09. The van der Waals surface area contributed by atoms with Crippen LogP contribution in [0.15, 0.2) is 59.6 Å². The highest BCUT2D eigenvalue weighted by atomic mass is 79.9. The molecule has 4 unspecified atom stereocenters. The summed E-state index contributed by atoms with van der Waals surface area (Å²) in [5.41, 5.74) is -1.80. The number of non-ortho nitro benzene ring substituents is 1. The monoisotopic (exact) mass is 696 g/mol. The lowest BCUT2D eigenvalue weighted by Gasteiger charge is -2.55. The Morgan fingerprint density at radius 3 is 2.49 bits per heavy atom. The van der Waals surface area contributed by atoms with Crippen LogP contribution in [-0.4, -0.2) is 101 Å². The van der Waals surface area contributed by atoms with Gasteiger partial charge in [0.15, 0.2) is 9.84 Å². The zero-order valence-electron chi connectivity index (χ0n) is 23.0. The number of thioether (sulfide) groups is 1. The summed E-state index contributed by atoms with van der Waals surface area (Å²) in [6.07, 6.45) is 0.923. The number of morpholine rings is 1. The van der Waals surface area contributed by atoms with Crippen LogP contribution in [0.3, 0.4) is 0 Å². The standard InChI is InChI=1S/C27H29BrN4O9S2/c1-43(37,38)27(21(15-28)31-11-13-39-14-12-31,25(34)41-16-18-7-9-19(10-8-18)32(35)36)26-23(33)29-24(26)42-22(30-26)17-40-20-5-3-2-4-6-20/h2-10,21,24H,11-17H2,1H3,(H,29,33). The van der Waals surface area contributed by atoms with Crippen molar-refractivity contribution in [2.24, 2.45) is 4.99 Å². The van der Waals surface area contributed by atoms with Gasteiger partial charge in [0, 0.05) is 36.8 Å². The fraction of sp³-hybridized carbons (Fsp3) is 0.444. The smallest absolute Gasteiger partial charge is 0.332 e. The minimum Gasteiger partial charge on any atom is -0.487 e. The van der Waals surface area contributed by atoms with Crippen molar-refractivity contribution in [3.05, 3.63) is 70.3 Å². The number of nitro benzene ring substituents is 1. The highest BCUT2D eigenvalue weighted by Gasteiger charge is 2.81. The molecule has 1 N–H and O–H groups in total. The minimum absolute atomic E-state index is 0.00445. The average Bonchev–Trinajstić information content (AvgIpc) is 3.30. The average molecular weight is 698 g/mol. The number of amides is 1. The number of β-lactam (4-membered cyclic amide) rings is 1. The Morgan fingerprint density at radius 1 is 1.23 bits per heavy atom. The van der Waals surface area contributed by atoms with Gasteiger partial charge in [-0.15, -0.1) is 0 Å². The van der Waals surface area contributed by atoms with Crippen LogP contribution in [0.2, 0.25) is 0 Å². The molecule has 230 valence electrons. The molecule has 0 saturated carbocycles. The molecule has 43 heavy (non-hydrogen) atoms. The molecular weight excluding hydrogens is 668 g/mol. The van der Waals surface area contributed by atoms with Crippen LogP contribution >= 0.6 is 27.7 Å². The van der Waals surface area contributed by atoms with Crippen LogP contribution in [0.1, 0.15) is 5.56 Å². The number of ether oxygens (including phenoxy) is 3. The second-order valence-corrected chi connectivity index (χ2v) is 14.2. The summed E-state index contributed by atoms with van der Waals surface area (Å²) in [7, 11) is -4.45. The van der Waals surface area contributed by atoms with Gasteiger partial charge in [0.05, 0.1) is 24.2 Å². The quantitative estimate of drug-likeness (QED) is 0.113. The third kappa shape index (κ3) is 5.54. The van der Waals surface area contributed by atoms with Gasteiger partial charge in [-0.05, 0) is 29.8 Å². The first kappa shape index (κ1) is 31.4. The lowest BCUT2D eigenvalue weighted by atomic mass is 9.72. The molecule has 16 heteroatoms. The van der Waals surface area contributed by atoms with E-state index < -0.39 is 48.3 Å². The van der Waals surface area contributed by atoms with Gasteiger partial charge in [-0.2, -0.15) is 0 Å². The van der Waals surface area contributed by atoms with Crippen molar-refractivity contribution in [2.75, 3.05) is 44.5 Å². The minimum atomic E-state index is -4.45. The van der Waals surface area contributed by atoms with E-state index in [4.69, 9.17) is 19.2 Å². The molecule has 0 spiro atoms. The molecule has 2 aromatic carbocycles. The number of esters is 1. The van der Waals surface area contributed by atoms with E-state index in [9.17, 15) is 28.1 Å². The molecular formula is C27H29BrN4O9S2. The van der Waals surface area contributed by atoms with Crippen molar-refractivity contribution >= 4 is 60.1 Å². The molecule has 5 rings (SSSR count). The van der Waals surface area contributed by atoms with E-state index >= 15 is 0 Å². The topological polar surface area (TPSA) is 167 Å². The number of halogens is 1. The van der Waals surface area contributed by atoms with Crippen molar-refractivity contribution in [3.63, 3.8) is 0 Å². The van der Waals surface area contributed by atoms with Crippen molar-refractivity contribution in [3.8, 4) is 5.75 Å². The summed E-state index contributed by atoms with van der Waals surface area (Å²) < 4.78 is 42.8. The Labute approximate surface area is 260 Å². The Bertz CT molecular complexity index is 1520. The number of fused-ring (bicyclic) bond motifs is 1. The molecule has 0 bridgehead atoms. The number of hydrogen-bond acceptors (Lipinski definition) is 12. The van der Waals surface area contributed by atoms with E-state index in [1.54, 1.807) is 24.3 Å². The van der Waals surface area contributed by atoms with Crippen LogP contribution < -0.4 is 10.1 Å². The van der Waals surface area contributed by atoms with E-state index in [1.165, 1.54) is 24.3 Å². The van der Waals surface area contributed by atoms with E-state index in [2.05, 4.69) is 21.2 Å². The van der Waals surface area contributed by atoms with Gasteiger partial charge in [-0.3, -0.25) is 29.6 Å². The number of benzene rings is 2. The third-order valence-corrected chi connectivity index (χ3v) is 11.4. The Morgan fingerprint density at radius 2 is 1.91 bits per heavy atom. The molecule has 3 heterocycles. The number of para-hydroxylation sites is 1. The van der Waals surface area contributed by atoms with Gasteiger partial charge in [0.25, 0.3) is 11.6 Å². The second-order valence-electron chi connectivity index (χ2n) is 10.2. The summed E-state index contributed by atoms with van der Waals surface area (Å²) in [6.45, 7) is 0.806. The summed E-state index contributed by atoms with van der Waals surface area (Å²) in [4.78, 5) is 45.1. The Balaban J connectivity index is 1.58. The maximum Gasteiger partial charge on any atom is 0.332 e. The summed E-state index contributed by atoms with van der Waals surface area (Å²) in [5, 5.41) is 13.3. The maximum absolute atomic E-state index is 14.4. The van der Waals surface area contributed by atoms with Gasteiger partial charge >= 0.3 is 5.97 Å². The predicted octanol–water partition coefficient (Wildman–Crippen LogP) is 1.94.